The molecule has 0 aromatic carbocycles. The number of nitrogens with zero attached hydrogens (tertiary/aromatic N) is 2. The molecule has 16 heavy (non-hydrogen) atoms. The van der Waals surface area contributed by atoms with Gasteiger partial charge in [-0.25, -0.2) is 9.97 Å². The molecule has 0 saturated heterocycles. The molecule has 0 aliphatic heterocycles. The number of rotatable bonds is 5. The van der Waals surface area contributed by atoms with E-state index in [2.05, 4.69) is 19.4 Å². The second kappa shape index (κ2) is 5.42. The Morgan fingerprint density at radius 2 is 2.00 bits per heavy atom. The molecule has 1 aromatic rings. The fourth-order valence-electron chi connectivity index (χ4n) is 0.829. The SMILES string of the molecule is CC(C)CNS(=O)(=O)Nc1nccnc1Cl. The molecule has 0 unspecified atom stereocenters. The van der Waals surface area contributed by atoms with Gasteiger partial charge in [0.15, 0.2) is 11.0 Å². The summed E-state index contributed by atoms with van der Waals surface area (Å²) in [5, 5.41) is 0.0115. The molecule has 2 N–H and O–H groups in total. The highest BCUT2D eigenvalue weighted by Gasteiger charge is 2.13. The number of hydrogen-bond donors (Lipinski definition) is 2. The molecule has 1 aromatic heterocycles. The Morgan fingerprint density at radius 1 is 1.38 bits per heavy atom. The Hall–Kier alpha value is -0.920. The fraction of sp³-hybridized carbons (Fsp3) is 0.500. The van der Waals surface area contributed by atoms with E-state index in [-0.39, 0.29) is 16.9 Å². The van der Waals surface area contributed by atoms with Gasteiger partial charge in [-0.15, -0.1) is 0 Å². The molecule has 0 radical (unpaired) electrons. The van der Waals surface area contributed by atoms with Crippen LogP contribution < -0.4 is 9.44 Å². The van der Waals surface area contributed by atoms with Gasteiger partial charge in [-0.2, -0.15) is 13.1 Å². The maximum Gasteiger partial charge on any atom is 0.300 e. The van der Waals surface area contributed by atoms with Gasteiger partial charge in [-0.05, 0) is 5.92 Å². The van der Waals surface area contributed by atoms with E-state index < -0.39 is 10.2 Å². The number of anilines is 1. The van der Waals surface area contributed by atoms with Gasteiger partial charge in [-0.3, -0.25) is 4.72 Å². The second-order valence-corrected chi connectivity index (χ2v) is 5.40. The van der Waals surface area contributed by atoms with E-state index in [1.54, 1.807) is 0 Å². The van der Waals surface area contributed by atoms with Gasteiger partial charge in [0.05, 0.1) is 0 Å². The van der Waals surface area contributed by atoms with Gasteiger partial charge < -0.3 is 0 Å². The molecule has 1 rings (SSSR count). The largest absolute Gasteiger partial charge is 0.300 e. The van der Waals surface area contributed by atoms with Crippen LogP contribution in [-0.2, 0) is 10.2 Å². The van der Waals surface area contributed by atoms with Crippen LogP contribution in [0.1, 0.15) is 13.8 Å². The van der Waals surface area contributed by atoms with E-state index >= 15 is 0 Å². The normalized spacial score (nSPS) is 11.8. The molecule has 0 aliphatic rings. The summed E-state index contributed by atoms with van der Waals surface area (Å²) in [6.45, 7) is 4.14. The van der Waals surface area contributed by atoms with Crippen LogP contribution in [0.25, 0.3) is 0 Å². The van der Waals surface area contributed by atoms with Crippen LogP contribution in [0.3, 0.4) is 0 Å². The summed E-state index contributed by atoms with van der Waals surface area (Å²) in [5.41, 5.74) is 0. The van der Waals surface area contributed by atoms with Crippen molar-refractivity contribution in [2.45, 2.75) is 13.8 Å². The Kier molecular flexibility index (Phi) is 4.45. The van der Waals surface area contributed by atoms with Crippen molar-refractivity contribution in [1.82, 2.24) is 14.7 Å². The summed E-state index contributed by atoms with van der Waals surface area (Å²) in [4.78, 5) is 7.47. The van der Waals surface area contributed by atoms with Crippen molar-refractivity contribution in [2.75, 3.05) is 11.3 Å². The summed E-state index contributed by atoms with van der Waals surface area (Å²) in [6.07, 6.45) is 2.73. The first kappa shape index (κ1) is 13.1. The lowest BCUT2D eigenvalue weighted by atomic mass is 10.2. The lowest BCUT2D eigenvalue weighted by Gasteiger charge is -2.10. The molecule has 8 heteroatoms. The zero-order valence-corrected chi connectivity index (χ0v) is 10.5. The average Bonchev–Trinajstić information content (AvgIpc) is 2.19. The standard InChI is InChI=1S/C8H13ClN4O2S/c1-6(2)5-12-16(14,15)13-8-7(9)10-3-4-11-8/h3-4,6,12H,5H2,1-2H3,(H,11,13). The van der Waals surface area contributed by atoms with Gasteiger partial charge in [0.25, 0.3) is 10.2 Å². The van der Waals surface area contributed by atoms with Crippen LogP contribution >= 0.6 is 11.6 Å². The number of aromatic nitrogens is 2. The van der Waals surface area contributed by atoms with E-state index in [0.717, 1.165) is 0 Å². The van der Waals surface area contributed by atoms with Crippen molar-refractivity contribution in [3.8, 4) is 0 Å². The zero-order valence-electron chi connectivity index (χ0n) is 8.94. The van der Waals surface area contributed by atoms with E-state index in [0.29, 0.717) is 6.54 Å². The molecule has 0 atom stereocenters. The quantitative estimate of drug-likeness (QED) is 0.832. The zero-order chi connectivity index (χ0) is 12.2. The van der Waals surface area contributed by atoms with Crippen LogP contribution in [0.4, 0.5) is 5.82 Å². The van der Waals surface area contributed by atoms with Crippen LogP contribution in [0.15, 0.2) is 12.4 Å². The minimum Gasteiger partial charge on any atom is -0.252 e. The van der Waals surface area contributed by atoms with E-state index in [4.69, 9.17) is 11.6 Å². The third-order valence-electron chi connectivity index (χ3n) is 1.57. The predicted octanol–water partition coefficient (Wildman–Crippen LogP) is 1.03. The first-order valence-corrected chi connectivity index (χ1v) is 6.51. The molecule has 90 valence electrons. The molecule has 0 saturated carbocycles. The molecule has 0 bridgehead atoms. The minimum atomic E-state index is -3.64. The van der Waals surface area contributed by atoms with Crippen LogP contribution in [0.2, 0.25) is 5.15 Å². The van der Waals surface area contributed by atoms with Crippen LogP contribution in [0.5, 0.6) is 0 Å². The van der Waals surface area contributed by atoms with E-state index in [1.807, 2.05) is 13.8 Å². The molecule has 6 nitrogen and oxygen atoms in total. The summed E-state index contributed by atoms with van der Waals surface area (Å²) < 4.78 is 27.6. The van der Waals surface area contributed by atoms with Gasteiger partial charge in [0.2, 0.25) is 0 Å². The first-order valence-electron chi connectivity index (χ1n) is 4.64. The van der Waals surface area contributed by atoms with Crippen molar-refractivity contribution in [3.05, 3.63) is 17.5 Å². The Morgan fingerprint density at radius 3 is 2.56 bits per heavy atom. The van der Waals surface area contributed by atoms with Crippen molar-refractivity contribution in [1.29, 1.82) is 0 Å². The average molecular weight is 265 g/mol. The maximum atomic E-state index is 11.5. The lowest BCUT2D eigenvalue weighted by molar-refractivity contribution is 0.564. The Labute approximate surface area is 99.6 Å². The third kappa shape index (κ3) is 4.30. The third-order valence-corrected chi connectivity index (χ3v) is 2.85. The van der Waals surface area contributed by atoms with Crippen LogP contribution in [0, 0.1) is 5.92 Å². The van der Waals surface area contributed by atoms with Crippen molar-refractivity contribution >= 4 is 27.6 Å². The van der Waals surface area contributed by atoms with Gasteiger partial charge in [0, 0.05) is 18.9 Å². The summed E-state index contributed by atoms with van der Waals surface area (Å²) in [5.74, 6) is 0.231. The predicted molar refractivity (Wildman–Crippen MR) is 62.4 cm³/mol. The second-order valence-electron chi connectivity index (χ2n) is 3.54. The topological polar surface area (TPSA) is 84.0 Å². The minimum absolute atomic E-state index is 0.0115. The summed E-state index contributed by atoms with van der Waals surface area (Å²) in [7, 11) is -3.64. The number of halogens is 1. The highest BCUT2D eigenvalue weighted by atomic mass is 35.5. The molecular weight excluding hydrogens is 252 g/mol. The summed E-state index contributed by atoms with van der Waals surface area (Å²) >= 11 is 5.66. The maximum absolute atomic E-state index is 11.5. The molecule has 0 aliphatic carbocycles. The van der Waals surface area contributed by atoms with E-state index in [1.165, 1.54) is 12.4 Å². The van der Waals surface area contributed by atoms with Gasteiger partial charge in [0.1, 0.15) is 0 Å². The Balaban J connectivity index is 2.70. The monoisotopic (exact) mass is 264 g/mol. The molecule has 1 heterocycles. The van der Waals surface area contributed by atoms with Gasteiger partial charge >= 0.3 is 0 Å². The highest BCUT2D eigenvalue weighted by molar-refractivity contribution is 7.90. The van der Waals surface area contributed by atoms with Crippen molar-refractivity contribution in [2.24, 2.45) is 5.92 Å². The fourth-order valence-corrected chi connectivity index (χ4v) is 2.07. The molecule has 0 fully saturated rings. The number of nitrogens with one attached hydrogen (secondary N) is 2. The molecule has 0 spiro atoms. The van der Waals surface area contributed by atoms with E-state index in [9.17, 15) is 8.42 Å². The van der Waals surface area contributed by atoms with Crippen molar-refractivity contribution in [3.63, 3.8) is 0 Å². The lowest BCUT2D eigenvalue weighted by Crippen LogP contribution is -2.33. The Bertz CT molecular complexity index is 449. The number of hydrogen-bond acceptors (Lipinski definition) is 4. The first-order chi connectivity index (χ1) is 7.41. The van der Waals surface area contributed by atoms with Crippen LogP contribution in [-0.4, -0.2) is 24.9 Å². The molecular formula is C8H13ClN4O2S. The molecule has 0 amide bonds. The highest BCUT2D eigenvalue weighted by Crippen LogP contribution is 2.14. The van der Waals surface area contributed by atoms with Crippen molar-refractivity contribution < 1.29 is 8.42 Å². The smallest absolute Gasteiger partial charge is 0.252 e. The summed E-state index contributed by atoms with van der Waals surface area (Å²) in [6, 6.07) is 0. The van der Waals surface area contributed by atoms with Gasteiger partial charge in [-0.1, -0.05) is 25.4 Å².